The summed E-state index contributed by atoms with van der Waals surface area (Å²) in [5.41, 5.74) is 3.87. The van der Waals surface area contributed by atoms with Crippen LogP contribution >= 0.6 is 11.6 Å². The van der Waals surface area contributed by atoms with Crippen molar-refractivity contribution in [1.29, 1.82) is 0 Å². The summed E-state index contributed by atoms with van der Waals surface area (Å²) in [5.74, 6) is -0.159. The van der Waals surface area contributed by atoms with Gasteiger partial charge in [0.05, 0.1) is 11.3 Å². The Morgan fingerprint density at radius 1 is 1.32 bits per heavy atom. The Kier molecular flexibility index (Phi) is 3.62. The van der Waals surface area contributed by atoms with Gasteiger partial charge in [0, 0.05) is 23.5 Å². The van der Waals surface area contributed by atoms with Gasteiger partial charge in [0.25, 0.3) is 5.91 Å². The highest BCUT2D eigenvalue weighted by molar-refractivity contribution is 6.31. The van der Waals surface area contributed by atoms with Gasteiger partial charge in [-0.25, -0.2) is 0 Å². The molecule has 0 saturated heterocycles. The Morgan fingerprint density at radius 2 is 2.00 bits per heavy atom. The molecule has 1 aromatic carbocycles. The molecule has 0 unspecified atom stereocenters. The molecule has 0 aliphatic rings. The van der Waals surface area contributed by atoms with E-state index in [0.717, 1.165) is 22.6 Å². The lowest BCUT2D eigenvalue weighted by Crippen LogP contribution is -2.14. The van der Waals surface area contributed by atoms with E-state index in [4.69, 9.17) is 11.6 Å². The summed E-state index contributed by atoms with van der Waals surface area (Å²) in [6, 6.07) is 5.42. The molecule has 0 radical (unpaired) electrons. The van der Waals surface area contributed by atoms with E-state index in [0.29, 0.717) is 10.6 Å². The number of hydrogen-bond acceptors (Lipinski definition) is 2. The first-order valence-corrected chi connectivity index (χ1v) is 6.35. The lowest BCUT2D eigenvalue weighted by Gasteiger charge is -2.09. The van der Waals surface area contributed by atoms with Crippen molar-refractivity contribution in [3.63, 3.8) is 0 Å². The van der Waals surface area contributed by atoms with Crippen LogP contribution in [0.4, 0.5) is 5.69 Å². The molecule has 1 N–H and O–H groups in total. The molecule has 0 bridgehead atoms. The summed E-state index contributed by atoms with van der Waals surface area (Å²) in [5, 5.41) is 7.73. The fourth-order valence-electron chi connectivity index (χ4n) is 2.02. The van der Waals surface area contributed by atoms with E-state index in [2.05, 4.69) is 10.4 Å². The highest BCUT2D eigenvalue weighted by Crippen LogP contribution is 2.22. The average molecular weight is 278 g/mol. The van der Waals surface area contributed by atoms with Gasteiger partial charge >= 0.3 is 0 Å². The summed E-state index contributed by atoms with van der Waals surface area (Å²) in [4.78, 5) is 12.3. The number of rotatable bonds is 2. The average Bonchev–Trinajstić information content (AvgIpc) is 2.58. The molecule has 2 rings (SSSR count). The van der Waals surface area contributed by atoms with Crippen molar-refractivity contribution in [3.8, 4) is 0 Å². The van der Waals surface area contributed by atoms with Gasteiger partial charge in [-0.3, -0.25) is 9.48 Å². The van der Waals surface area contributed by atoms with Crippen LogP contribution in [0.2, 0.25) is 5.02 Å². The fraction of sp³-hybridized carbons (Fsp3) is 0.286. The van der Waals surface area contributed by atoms with Crippen LogP contribution in [0.1, 0.15) is 27.3 Å². The molecular formula is C14H16ClN3O. The van der Waals surface area contributed by atoms with Crippen molar-refractivity contribution in [1.82, 2.24) is 9.78 Å². The van der Waals surface area contributed by atoms with Crippen molar-refractivity contribution < 1.29 is 4.79 Å². The summed E-state index contributed by atoms with van der Waals surface area (Å²) >= 11 is 5.95. The SMILES string of the molecule is Cc1ccc(Cl)cc1NC(=O)c1c(C)nn(C)c1C. The van der Waals surface area contributed by atoms with Gasteiger partial charge in [0.1, 0.15) is 0 Å². The molecule has 1 aromatic heterocycles. The van der Waals surface area contributed by atoms with Crippen molar-refractivity contribution in [3.05, 3.63) is 45.7 Å². The number of nitrogens with zero attached hydrogens (tertiary/aromatic N) is 2. The van der Waals surface area contributed by atoms with Gasteiger partial charge in [-0.2, -0.15) is 5.10 Å². The topological polar surface area (TPSA) is 46.9 Å². The van der Waals surface area contributed by atoms with E-state index in [-0.39, 0.29) is 5.91 Å². The fourth-order valence-corrected chi connectivity index (χ4v) is 2.19. The van der Waals surface area contributed by atoms with Crippen molar-refractivity contribution in [2.24, 2.45) is 7.05 Å². The number of carbonyl (C=O) groups is 1. The van der Waals surface area contributed by atoms with Gasteiger partial charge in [0.15, 0.2) is 0 Å². The predicted molar refractivity (Wildman–Crippen MR) is 76.8 cm³/mol. The Labute approximate surface area is 117 Å². The van der Waals surface area contributed by atoms with Crippen LogP contribution in [0.25, 0.3) is 0 Å². The summed E-state index contributed by atoms with van der Waals surface area (Å²) in [7, 11) is 1.82. The Bertz CT molecular complexity index is 646. The second-order valence-corrected chi connectivity index (χ2v) is 5.02. The molecule has 5 heteroatoms. The third-order valence-corrected chi connectivity index (χ3v) is 3.42. The monoisotopic (exact) mass is 277 g/mol. The smallest absolute Gasteiger partial charge is 0.259 e. The first kappa shape index (κ1) is 13.6. The Balaban J connectivity index is 2.33. The van der Waals surface area contributed by atoms with Gasteiger partial charge < -0.3 is 5.32 Å². The number of aromatic nitrogens is 2. The Morgan fingerprint density at radius 3 is 2.58 bits per heavy atom. The molecule has 0 saturated carbocycles. The largest absolute Gasteiger partial charge is 0.322 e. The van der Waals surface area contributed by atoms with Gasteiger partial charge in [0.2, 0.25) is 0 Å². The molecule has 19 heavy (non-hydrogen) atoms. The van der Waals surface area contributed by atoms with Crippen LogP contribution in [-0.2, 0) is 7.05 Å². The van der Waals surface area contributed by atoms with Crippen LogP contribution in [0.15, 0.2) is 18.2 Å². The summed E-state index contributed by atoms with van der Waals surface area (Å²) in [6.07, 6.45) is 0. The maximum absolute atomic E-state index is 12.3. The second-order valence-electron chi connectivity index (χ2n) is 4.58. The molecule has 0 spiro atoms. The standard InChI is InChI=1S/C14H16ClN3O/c1-8-5-6-11(15)7-12(8)16-14(19)13-9(2)17-18(4)10(13)3/h5-7H,1-4H3,(H,16,19). The number of hydrogen-bond donors (Lipinski definition) is 1. The maximum Gasteiger partial charge on any atom is 0.259 e. The van der Waals surface area contributed by atoms with Crippen LogP contribution in [-0.4, -0.2) is 15.7 Å². The highest BCUT2D eigenvalue weighted by atomic mass is 35.5. The first-order chi connectivity index (χ1) is 8.90. The molecule has 4 nitrogen and oxygen atoms in total. The molecule has 0 aliphatic carbocycles. The molecular weight excluding hydrogens is 262 g/mol. The van der Waals surface area contributed by atoms with Crippen molar-refractivity contribution >= 4 is 23.2 Å². The zero-order valence-electron chi connectivity index (χ0n) is 11.4. The number of anilines is 1. The molecule has 2 aromatic rings. The predicted octanol–water partition coefficient (Wildman–Crippen LogP) is 3.25. The number of aryl methyl sites for hydroxylation is 3. The van der Waals surface area contributed by atoms with Crippen LogP contribution in [0.5, 0.6) is 0 Å². The number of carbonyl (C=O) groups excluding carboxylic acids is 1. The van der Waals surface area contributed by atoms with Gasteiger partial charge in [-0.1, -0.05) is 17.7 Å². The number of nitrogens with one attached hydrogen (secondary N) is 1. The second kappa shape index (κ2) is 5.05. The van der Waals surface area contributed by atoms with Crippen molar-refractivity contribution in [2.45, 2.75) is 20.8 Å². The minimum absolute atomic E-state index is 0.159. The minimum Gasteiger partial charge on any atom is -0.322 e. The van der Waals surface area contributed by atoms with Crippen molar-refractivity contribution in [2.75, 3.05) is 5.32 Å². The molecule has 0 atom stereocenters. The van der Waals surface area contributed by atoms with Crippen LogP contribution in [0, 0.1) is 20.8 Å². The highest BCUT2D eigenvalue weighted by Gasteiger charge is 2.17. The van der Waals surface area contributed by atoms with Gasteiger partial charge in [-0.05, 0) is 38.5 Å². The normalized spacial score (nSPS) is 10.6. The lowest BCUT2D eigenvalue weighted by molar-refractivity contribution is 0.102. The van der Waals surface area contributed by atoms with Crippen LogP contribution < -0.4 is 5.32 Å². The van der Waals surface area contributed by atoms with E-state index in [1.807, 2.05) is 33.9 Å². The molecule has 100 valence electrons. The number of halogens is 1. The Hall–Kier alpha value is -1.81. The van der Waals surface area contributed by atoms with E-state index in [1.54, 1.807) is 16.8 Å². The summed E-state index contributed by atoms with van der Waals surface area (Å²) < 4.78 is 1.70. The molecule has 0 fully saturated rings. The van der Waals surface area contributed by atoms with Gasteiger partial charge in [-0.15, -0.1) is 0 Å². The van der Waals surface area contributed by atoms with E-state index < -0.39 is 0 Å². The third-order valence-electron chi connectivity index (χ3n) is 3.18. The minimum atomic E-state index is -0.159. The number of amides is 1. The first-order valence-electron chi connectivity index (χ1n) is 5.98. The zero-order chi connectivity index (χ0) is 14.2. The van der Waals surface area contributed by atoms with E-state index in [1.165, 1.54) is 0 Å². The molecule has 1 amide bonds. The quantitative estimate of drug-likeness (QED) is 0.916. The zero-order valence-corrected chi connectivity index (χ0v) is 12.2. The number of benzene rings is 1. The van der Waals surface area contributed by atoms with E-state index >= 15 is 0 Å². The third kappa shape index (κ3) is 2.63. The maximum atomic E-state index is 12.3. The summed E-state index contributed by atoms with van der Waals surface area (Å²) in [6.45, 7) is 5.63. The lowest BCUT2D eigenvalue weighted by atomic mass is 10.1. The molecule has 1 heterocycles. The van der Waals surface area contributed by atoms with Crippen LogP contribution in [0.3, 0.4) is 0 Å². The van der Waals surface area contributed by atoms with E-state index in [9.17, 15) is 4.79 Å². The molecule has 0 aliphatic heterocycles.